The Bertz CT molecular complexity index is 374. The van der Waals surface area contributed by atoms with Crippen LogP contribution in [0.5, 0.6) is 0 Å². The SMILES string of the molecule is CC1CCC(n2c(CO)c[nH]c2=S)CC1. The standard InChI is InChI=1S/C11H18N2OS/c1-8-2-4-9(5-3-8)13-10(7-14)6-12-11(13)15/h6,8-9,14H,2-5,7H2,1H3,(H,12,15). The van der Waals surface area contributed by atoms with Crippen molar-refractivity contribution in [3.05, 3.63) is 16.7 Å². The van der Waals surface area contributed by atoms with Gasteiger partial charge >= 0.3 is 0 Å². The number of imidazole rings is 1. The Morgan fingerprint density at radius 1 is 1.47 bits per heavy atom. The molecule has 1 aliphatic carbocycles. The molecule has 0 atom stereocenters. The van der Waals surface area contributed by atoms with Gasteiger partial charge in [-0.3, -0.25) is 0 Å². The Hall–Kier alpha value is -0.610. The van der Waals surface area contributed by atoms with E-state index in [0.29, 0.717) is 6.04 Å². The van der Waals surface area contributed by atoms with Gasteiger partial charge in [0, 0.05) is 12.2 Å². The minimum absolute atomic E-state index is 0.0686. The Morgan fingerprint density at radius 2 is 2.13 bits per heavy atom. The number of hydrogen-bond acceptors (Lipinski definition) is 2. The lowest BCUT2D eigenvalue weighted by atomic mass is 9.87. The fraction of sp³-hybridized carbons (Fsp3) is 0.727. The van der Waals surface area contributed by atoms with Gasteiger partial charge < -0.3 is 14.7 Å². The summed E-state index contributed by atoms with van der Waals surface area (Å²) in [5.74, 6) is 0.840. The molecular formula is C11H18N2OS. The highest BCUT2D eigenvalue weighted by Crippen LogP contribution is 2.32. The number of nitrogens with zero attached hydrogens (tertiary/aromatic N) is 1. The van der Waals surface area contributed by atoms with E-state index in [-0.39, 0.29) is 6.61 Å². The summed E-state index contributed by atoms with van der Waals surface area (Å²) >= 11 is 5.25. The number of aliphatic hydroxyl groups is 1. The monoisotopic (exact) mass is 226 g/mol. The first kappa shape index (κ1) is 10.9. The van der Waals surface area contributed by atoms with Crippen molar-refractivity contribution in [2.24, 2.45) is 5.92 Å². The molecule has 3 nitrogen and oxygen atoms in total. The third-order valence-electron chi connectivity index (χ3n) is 3.40. The molecule has 2 N–H and O–H groups in total. The summed E-state index contributed by atoms with van der Waals surface area (Å²) in [7, 11) is 0. The number of hydrogen-bond donors (Lipinski definition) is 2. The van der Waals surface area contributed by atoms with Gasteiger partial charge in [0.15, 0.2) is 4.77 Å². The van der Waals surface area contributed by atoms with Crippen molar-refractivity contribution in [1.82, 2.24) is 9.55 Å². The van der Waals surface area contributed by atoms with E-state index in [1.54, 1.807) is 0 Å². The normalized spacial score (nSPS) is 26.8. The van der Waals surface area contributed by atoms with Crippen LogP contribution in [-0.2, 0) is 6.61 Å². The molecule has 2 rings (SSSR count). The van der Waals surface area contributed by atoms with E-state index in [0.717, 1.165) is 16.4 Å². The molecule has 1 saturated carbocycles. The first-order valence-electron chi connectivity index (χ1n) is 5.62. The number of nitrogens with one attached hydrogen (secondary N) is 1. The molecule has 0 unspecified atom stereocenters. The fourth-order valence-corrected chi connectivity index (χ4v) is 2.76. The van der Waals surface area contributed by atoms with Gasteiger partial charge in [-0.1, -0.05) is 6.92 Å². The molecule has 15 heavy (non-hydrogen) atoms. The van der Waals surface area contributed by atoms with Gasteiger partial charge in [-0.25, -0.2) is 0 Å². The van der Waals surface area contributed by atoms with Crippen molar-refractivity contribution < 1.29 is 5.11 Å². The van der Waals surface area contributed by atoms with Gasteiger partial charge in [0.1, 0.15) is 0 Å². The van der Waals surface area contributed by atoms with Crippen molar-refractivity contribution in [1.29, 1.82) is 0 Å². The summed E-state index contributed by atoms with van der Waals surface area (Å²) in [6.07, 6.45) is 6.71. The first-order valence-corrected chi connectivity index (χ1v) is 6.03. The second-order valence-corrected chi connectivity index (χ2v) is 4.91. The average Bonchev–Trinajstić information content (AvgIpc) is 2.61. The molecule has 1 heterocycles. The second-order valence-electron chi connectivity index (χ2n) is 4.53. The van der Waals surface area contributed by atoms with E-state index < -0.39 is 0 Å². The van der Waals surface area contributed by atoms with Crippen molar-refractivity contribution in [2.75, 3.05) is 0 Å². The first-order chi connectivity index (χ1) is 7.22. The molecule has 1 aromatic heterocycles. The average molecular weight is 226 g/mol. The van der Waals surface area contributed by atoms with Crippen molar-refractivity contribution in [3.8, 4) is 0 Å². The molecule has 0 radical (unpaired) electrons. The maximum absolute atomic E-state index is 9.23. The van der Waals surface area contributed by atoms with Crippen LogP contribution in [0.3, 0.4) is 0 Å². The molecule has 0 amide bonds. The van der Waals surface area contributed by atoms with Crippen molar-refractivity contribution >= 4 is 12.2 Å². The number of aromatic amines is 1. The molecule has 4 heteroatoms. The van der Waals surface area contributed by atoms with Crippen LogP contribution in [0.15, 0.2) is 6.20 Å². The van der Waals surface area contributed by atoms with Gasteiger partial charge in [-0.2, -0.15) is 0 Å². The van der Waals surface area contributed by atoms with E-state index >= 15 is 0 Å². The maximum atomic E-state index is 9.23. The Kier molecular flexibility index (Phi) is 3.26. The molecule has 0 saturated heterocycles. The lowest BCUT2D eigenvalue weighted by Gasteiger charge is -2.28. The van der Waals surface area contributed by atoms with Crippen LogP contribution >= 0.6 is 12.2 Å². The Balaban J connectivity index is 2.21. The highest BCUT2D eigenvalue weighted by atomic mass is 32.1. The number of aliphatic hydroxyl groups excluding tert-OH is 1. The minimum atomic E-state index is 0.0686. The fourth-order valence-electron chi connectivity index (χ4n) is 2.44. The van der Waals surface area contributed by atoms with Crippen molar-refractivity contribution in [3.63, 3.8) is 0 Å². The summed E-state index contributed by atoms with van der Waals surface area (Å²) in [5.41, 5.74) is 0.916. The van der Waals surface area contributed by atoms with E-state index in [1.165, 1.54) is 25.7 Å². The van der Waals surface area contributed by atoms with Gasteiger partial charge in [-0.05, 0) is 43.8 Å². The van der Waals surface area contributed by atoms with Gasteiger partial charge in [0.2, 0.25) is 0 Å². The largest absolute Gasteiger partial charge is 0.390 e. The third-order valence-corrected chi connectivity index (χ3v) is 3.72. The lowest BCUT2D eigenvalue weighted by Crippen LogP contribution is -2.18. The van der Waals surface area contributed by atoms with Crippen molar-refractivity contribution in [2.45, 2.75) is 45.3 Å². The summed E-state index contributed by atoms with van der Waals surface area (Å²) in [6.45, 7) is 2.37. The van der Waals surface area contributed by atoms with E-state index in [4.69, 9.17) is 12.2 Å². The molecule has 0 aliphatic heterocycles. The minimum Gasteiger partial charge on any atom is -0.390 e. The molecule has 84 valence electrons. The molecule has 0 aromatic carbocycles. The zero-order chi connectivity index (χ0) is 10.8. The van der Waals surface area contributed by atoms with Crippen LogP contribution in [0, 0.1) is 10.7 Å². The van der Waals surface area contributed by atoms with E-state index in [9.17, 15) is 5.11 Å². The van der Waals surface area contributed by atoms with Crippen LogP contribution in [0.4, 0.5) is 0 Å². The maximum Gasteiger partial charge on any atom is 0.177 e. The van der Waals surface area contributed by atoms with Crippen LogP contribution in [0.2, 0.25) is 0 Å². The molecule has 1 aromatic rings. The van der Waals surface area contributed by atoms with Crippen LogP contribution in [-0.4, -0.2) is 14.7 Å². The molecule has 0 bridgehead atoms. The van der Waals surface area contributed by atoms with Gasteiger partial charge in [0.05, 0.1) is 12.3 Å². The quantitative estimate of drug-likeness (QED) is 0.761. The van der Waals surface area contributed by atoms with Crippen LogP contribution < -0.4 is 0 Å². The van der Waals surface area contributed by atoms with Crippen LogP contribution in [0.25, 0.3) is 0 Å². The Morgan fingerprint density at radius 3 is 2.73 bits per heavy atom. The molecular weight excluding hydrogens is 208 g/mol. The topological polar surface area (TPSA) is 41.0 Å². The second kappa shape index (κ2) is 4.49. The number of aromatic nitrogens is 2. The van der Waals surface area contributed by atoms with Gasteiger partial charge in [0.25, 0.3) is 0 Å². The van der Waals surface area contributed by atoms with Gasteiger partial charge in [-0.15, -0.1) is 0 Å². The zero-order valence-electron chi connectivity index (χ0n) is 9.07. The Labute approximate surface area is 95.1 Å². The predicted molar refractivity (Wildman–Crippen MR) is 62.2 cm³/mol. The zero-order valence-corrected chi connectivity index (χ0v) is 9.89. The summed E-state index contributed by atoms with van der Waals surface area (Å²) < 4.78 is 2.85. The summed E-state index contributed by atoms with van der Waals surface area (Å²) in [5, 5.41) is 9.23. The molecule has 1 aliphatic rings. The highest BCUT2D eigenvalue weighted by Gasteiger charge is 2.21. The molecule has 1 fully saturated rings. The number of rotatable bonds is 2. The smallest absolute Gasteiger partial charge is 0.177 e. The lowest BCUT2D eigenvalue weighted by molar-refractivity contribution is 0.244. The highest BCUT2D eigenvalue weighted by molar-refractivity contribution is 7.71. The van der Waals surface area contributed by atoms with E-state index in [2.05, 4.69) is 16.5 Å². The van der Waals surface area contributed by atoms with E-state index in [1.807, 2.05) is 6.20 Å². The third kappa shape index (κ3) is 2.16. The number of H-pyrrole nitrogens is 1. The summed E-state index contributed by atoms with van der Waals surface area (Å²) in [4.78, 5) is 3.01. The molecule has 0 spiro atoms. The van der Waals surface area contributed by atoms with Crippen LogP contribution in [0.1, 0.15) is 44.3 Å². The summed E-state index contributed by atoms with van der Waals surface area (Å²) in [6, 6.07) is 0.488. The predicted octanol–water partition coefficient (Wildman–Crippen LogP) is 2.79.